The van der Waals surface area contributed by atoms with E-state index in [9.17, 15) is 9.59 Å². The number of hydrogen-bond acceptors (Lipinski definition) is 5. The molecular formula is C25H36N2O4. The lowest BCUT2D eigenvalue weighted by molar-refractivity contribution is 0.0427. The minimum absolute atomic E-state index is 0.0472. The number of furan rings is 1. The van der Waals surface area contributed by atoms with E-state index < -0.39 is 0 Å². The van der Waals surface area contributed by atoms with Crippen LogP contribution >= 0.6 is 0 Å². The molecular weight excluding hydrogens is 392 g/mol. The summed E-state index contributed by atoms with van der Waals surface area (Å²) < 4.78 is 11.5. The first-order valence-corrected chi connectivity index (χ1v) is 12.5. The fourth-order valence-corrected chi connectivity index (χ4v) is 6.11. The molecule has 1 atom stereocenters. The molecule has 1 saturated carbocycles. The third kappa shape index (κ3) is 4.61. The molecule has 1 aromatic heterocycles. The van der Waals surface area contributed by atoms with Crippen LogP contribution in [0, 0.1) is 5.92 Å². The Morgan fingerprint density at radius 2 is 1.81 bits per heavy atom. The maximum absolute atomic E-state index is 13.6. The van der Waals surface area contributed by atoms with Crippen LogP contribution in [-0.2, 0) is 11.2 Å². The van der Waals surface area contributed by atoms with Crippen molar-refractivity contribution in [2.75, 3.05) is 32.8 Å². The lowest BCUT2D eigenvalue weighted by atomic mass is 9.92. The highest BCUT2D eigenvalue weighted by molar-refractivity contribution is 6.09. The van der Waals surface area contributed by atoms with Crippen LogP contribution < -0.4 is 0 Å². The summed E-state index contributed by atoms with van der Waals surface area (Å²) in [7, 11) is 0. The summed E-state index contributed by atoms with van der Waals surface area (Å²) in [4.78, 5) is 30.8. The van der Waals surface area contributed by atoms with E-state index in [2.05, 4.69) is 4.90 Å². The van der Waals surface area contributed by atoms with Crippen molar-refractivity contribution in [1.82, 2.24) is 9.80 Å². The van der Waals surface area contributed by atoms with Crippen LogP contribution in [0.25, 0.3) is 0 Å². The summed E-state index contributed by atoms with van der Waals surface area (Å²) in [6.07, 6.45) is 13.5. The zero-order valence-electron chi connectivity index (χ0n) is 18.7. The minimum Gasteiger partial charge on any atom is -0.468 e. The monoisotopic (exact) mass is 428 g/mol. The topological polar surface area (TPSA) is 63.0 Å². The van der Waals surface area contributed by atoms with Gasteiger partial charge in [0.05, 0.1) is 17.2 Å². The van der Waals surface area contributed by atoms with Crippen LogP contribution in [0.1, 0.15) is 90.7 Å². The number of likely N-dealkylation sites (tertiary alicyclic amines) is 1. The van der Waals surface area contributed by atoms with Gasteiger partial charge in [0.2, 0.25) is 0 Å². The van der Waals surface area contributed by atoms with E-state index in [4.69, 9.17) is 9.15 Å². The molecule has 0 radical (unpaired) electrons. The molecule has 5 rings (SSSR count). The molecule has 3 fully saturated rings. The maximum Gasteiger partial charge on any atom is 0.257 e. The van der Waals surface area contributed by atoms with Gasteiger partial charge in [0.1, 0.15) is 12.0 Å². The fourth-order valence-electron chi connectivity index (χ4n) is 6.11. The molecule has 4 aliphatic rings. The quantitative estimate of drug-likeness (QED) is 0.683. The van der Waals surface area contributed by atoms with Crippen molar-refractivity contribution in [2.24, 2.45) is 5.92 Å². The van der Waals surface area contributed by atoms with Crippen molar-refractivity contribution in [3.05, 3.63) is 23.2 Å². The number of aryl methyl sites for hydroxylation is 1. The average molecular weight is 429 g/mol. The van der Waals surface area contributed by atoms with Gasteiger partial charge in [0, 0.05) is 38.6 Å². The summed E-state index contributed by atoms with van der Waals surface area (Å²) in [6.45, 7) is 4.46. The number of nitrogens with zero attached hydrogens (tertiary/aromatic N) is 2. The van der Waals surface area contributed by atoms with Crippen LogP contribution in [-0.4, -0.2) is 66.4 Å². The van der Waals surface area contributed by atoms with E-state index in [1.807, 2.05) is 4.90 Å². The number of amides is 1. The SMILES string of the molecule is O=C1CCCc2occ(C(=O)N(CC3CCN(C4CCCC4)CC3)C[C@H]3CCCO3)c21. The van der Waals surface area contributed by atoms with Gasteiger partial charge in [-0.05, 0) is 64.0 Å². The van der Waals surface area contributed by atoms with Gasteiger partial charge in [-0.3, -0.25) is 9.59 Å². The second kappa shape index (κ2) is 9.45. The molecule has 1 amide bonds. The number of Topliss-reactive ketones (excluding diaryl/α,β-unsaturated/α-hetero) is 1. The number of ether oxygens (including phenoxy) is 1. The van der Waals surface area contributed by atoms with E-state index in [0.29, 0.717) is 35.8 Å². The molecule has 3 heterocycles. The molecule has 2 saturated heterocycles. The summed E-state index contributed by atoms with van der Waals surface area (Å²) >= 11 is 0. The molecule has 0 bridgehead atoms. The first kappa shape index (κ1) is 21.2. The number of carbonyl (C=O) groups excluding carboxylic acids is 2. The van der Waals surface area contributed by atoms with Gasteiger partial charge in [-0.1, -0.05) is 12.8 Å². The first-order valence-electron chi connectivity index (χ1n) is 12.5. The van der Waals surface area contributed by atoms with Gasteiger partial charge in [0.25, 0.3) is 5.91 Å². The number of hydrogen-bond donors (Lipinski definition) is 0. The first-order chi connectivity index (χ1) is 15.2. The molecule has 0 aromatic carbocycles. The van der Waals surface area contributed by atoms with Gasteiger partial charge >= 0.3 is 0 Å². The lowest BCUT2D eigenvalue weighted by Gasteiger charge is -2.38. The molecule has 6 heteroatoms. The fraction of sp³-hybridized carbons (Fsp3) is 0.760. The Kier molecular flexibility index (Phi) is 6.46. The van der Waals surface area contributed by atoms with Crippen molar-refractivity contribution in [3.63, 3.8) is 0 Å². The van der Waals surface area contributed by atoms with Crippen molar-refractivity contribution in [3.8, 4) is 0 Å². The largest absolute Gasteiger partial charge is 0.468 e. The lowest BCUT2D eigenvalue weighted by Crippen LogP contribution is -2.45. The molecule has 2 aliphatic heterocycles. The Hall–Kier alpha value is -1.66. The summed E-state index contributed by atoms with van der Waals surface area (Å²) in [5.74, 6) is 1.22. The predicted octanol–water partition coefficient (Wildman–Crippen LogP) is 4.07. The summed E-state index contributed by atoms with van der Waals surface area (Å²) in [6, 6.07) is 0.786. The van der Waals surface area contributed by atoms with Crippen LogP contribution in [0.15, 0.2) is 10.7 Å². The molecule has 0 N–H and O–H groups in total. The van der Waals surface area contributed by atoms with E-state index in [1.165, 1.54) is 31.9 Å². The smallest absolute Gasteiger partial charge is 0.257 e. The molecule has 2 aliphatic carbocycles. The highest BCUT2D eigenvalue weighted by Crippen LogP contribution is 2.30. The van der Waals surface area contributed by atoms with Gasteiger partial charge in [-0.15, -0.1) is 0 Å². The van der Waals surface area contributed by atoms with E-state index in [1.54, 1.807) is 0 Å². The molecule has 0 unspecified atom stereocenters. The second-order valence-electron chi connectivity index (χ2n) is 9.99. The van der Waals surface area contributed by atoms with Gasteiger partial charge < -0.3 is 19.0 Å². The Morgan fingerprint density at radius 1 is 1.00 bits per heavy atom. The van der Waals surface area contributed by atoms with E-state index in [-0.39, 0.29) is 17.8 Å². The Morgan fingerprint density at radius 3 is 2.55 bits per heavy atom. The van der Waals surface area contributed by atoms with Crippen molar-refractivity contribution < 1.29 is 18.7 Å². The highest BCUT2D eigenvalue weighted by atomic mass is 16.5. The molecule has 0 spiro atoms. The van der Waals surface area contributed by atoms with Crippen molar-refractivity contribution in [2.45, 2.75) is 82.8 Å². The second-order valence-corrected chi connectivity index (χ2v) is 9.99. The van der Waals surface area contributed by atoms with Crippen LogP contribution in [0.2, 0.25) is 0 Å². The van der Waals surface area contributed by atoms with Crippen LogP contribution in [0.3, 0.4) is 0 Å². The molecule has 170 valence electrons. The van der Waals surface area contributed by atoms with Gasteiger partial charge in [0.15, 0.2) is 5.78 Å². The van der Waals surface area contributed by atoms with Crippen molar-refractivity contribution >= 4 is 11.7 Å². The standard InChI is InChI=1S/C25H36N2O4/c28-22-8-3-9-23-24(22)21(17-31-23)25(29)27(16-20-7-4-14-30-20)15-18-10-12-26(13-11-18)19-5-1-2-6-19/h17-20H,1-16H2/t20-/m1/s1. The van der Waals surface area contributed by atoms with Gasteiger partial charge in [-0.2, -0.15) is 0 Å². The maximum atomic E-state index is 13.6. The number of fused-ring (bicyclic) bond motifs is 1. The Balaban J connectivity index is 1.28. The predicted molar refractivity (Wildman–Crippen MR) is 117 cm³/mol. The highest BCUT2D eigenvalue weighted by Gasteiger charge is 2.34. The normalized spacial score (nSPS) is 25.8. The third-order valence-corrected chi connectivity index (χ3v) is 7.89. The Bertz CT molecular complexity index is 783. The number of rotatable bonds is 6. The van der Waals surface area contributed by atoms with Gasteiger partial charge in [-0.25, -0.2) is 0 Å². The molecule has 1 aromatic rings. The summed E-state index contributed by atoms with van der Waals surface area (Å²) in [5.41, 5.74) is 1.02. The van der Waals surface area contributed by atoms with Crippen LogP contribution in [0.5, 0.6) is 0 Å². The average Bonchev–Trinajstić information content (AvgIpc) is 3.55. The third-order valence-electron chi connectivity index (χ3n) is 7.89. The summed E-state index contributed by atoms with van der Waals surface area (Å²) in [5, 5.41) is 0. The molecule has 31 heavy (non-hydrogen) atoms. The van der Waals surface area contributed by atoms with E-state index >= 15 is 0 Å². The number of carbonyl (C=O) groups is 2. The zero-order valence-corrected chi connectivity index (χ0v) is 18.7. The number of ketones is 1. The van der Waals surface area contributed by atoms with Crippen LogP contribution in [0.4, 0.5) is 0 Å². The Labute approximate surface area is 185 Å². The minimum atomic E-state index is -0.0472. The zero-order chi connectivity index (χ0) is 21.2. The number of piperidine rings is 1. The van der Waals surface area contributed by atoms with Crippen molar-refractivity contribution in [1.29, 1.82) is 0 Å². The molecule has 6 nitrogen and oxygen atoms in total. The van der Waals surface area contributed by atoms with E-state index in [0.717, 1.165) is 70.8 Å².